The average Bonchev–Trinajstić information content (AvgIpc) is 2.49. The Morgan fingerprint density at radius 3 is 2.57 bits per heavy atom. The topological polar surface area (TPSA) is 54.9 Å². The molecule has 1 aromatic heterocycles. The molecule has 0 aliphatic rings. The van der Waals surface area contributed by atoms with Crippen molar-refractivity contribution in [3.63, 3.8) is 0 Å². The fourth-order valence-electron chi connectivity index (χ4n) is 1.91. The van der Waals surface area contributed by atoms with Crippen LogP contribution in [-0.2, 0) is 6.18 Å². The number of carbonyl (C=O) groups is 1. The van der Waals surface area contributed by atoms with Gasteiger partial charge < -0.3 is 5.32 Å². The second-order valence-corrected chi connectivity index (χ2v) is 5.66. The minimum Gasteiger partial charge on any atom is -0.322 e. The van der Waals surface area contributed by atoms with Crippen molar-refractivity contribution in [3.05, 3.63) is 46.8 Å². The number of thioether (sulfide) groups is 1. The van der Waals surface area contributed by atoms with E-state index >= 15 is 0 Å². The summed E-state index contributed by atoms with van der Waals surface area (Å²) in [5.74, 6) is -0.890. The number of anilines is 1. The van der Waals surface area contributed by atoms with Gasteiger partial charge >= 0.3 is 6.18 Å². The molecule has 0 radical (unpaired) electrons. The Morgan fingerprint density at radius 1 is 1.26 bits per heavy atom. The molecular formula is C15H14F3N3OS. The minimum atomic E-state index is -4.73. The van der Waals surface area contributed by atoms with Gasteiger partial charge in [0.05, 0.1) is 5.56 Å². The van der Waals surface area contributed by atoms with Crippen LogP contribution in [0.2, 0.25) is 0 Å². The molecule has 4 nitrogen and oxygen atoms in total. The summed E-state index contributed by atoms with van der Waals surface area (Å²) in [6.45, 7) is 3.58. The van der Waals surface area contributed by atoms with Crippen LogP contribution in [0, 0.1) is 13.8 Å². The SMILES string of the molecule is CSc1ncc(C(=O)Nc2cc(C)ccc2C)c(C(F)(F)F)n1. The molecule has 2 aromatic rings. The van der Waals surface area contributed by atoms with Crippen molar-refractivity contribution in [1.29, 1.82) is 0 Å². The van der Waals surface area contributed by atoms with Crippen molar-refractivity contribution in [2.75, 3.05) is 11.6 Å². The molecule has 0 bridgehead atoms. The van der Waals surface area contributed by atoms with E-state index < -0.39 is 23.3 Å². The fraction of sp³-hybridized carbons (Fsp3) is 0.267. The lowest BCUT2D eigenvalue weighted by molar-refractivity contribution is -0.142. The number of hydrogen-bond donors (Lipinski definition) is 1. The third kappa shape index (κ3) is 4.01. The van der Waals surface area contributed by atoms with Gasteiger partial charge in [-0.1, -0.05) is 23.9 Å². The first-order valence-corrected chi connectivity index (χ1v) is 7.81. The molecule has 8 heteroatoms. The Labute approximate surface area is 135 Å². The van der Waals surface area contributed by atoms with Gasteiger partial charge in [-0.3, -0.25) is 4.79 Å². The monoisotopic (exact) mass is 341 g/mol. The van der Waals surface area contributed by atoms with Gasteiger partial charge in [-0.25, -0.2) is 9.97 Å². The number of halogens is 3. The lowest BCUT2D eigenvalue weighted by atomic mass is 10.1. The Morgan fingerprint density at radius 2 is 1.96 bits per heavy atom. The Hall–Kier alpha value is -2.09. The summed E-state index contributed by atoms with van der Waals surface area (Å²) in [5.41, 5.74) is 0.253. The van der Waals surface area contributed by atoms with E-state index in [0.717, 1.165) is 29.1 Å². The van der Waals surface area contributed by atoms with Crippen LogP contribution in [0.1, 0.15) is 27.2 Å². The van der Waals surface area contributed by atoms with Crippen LogP contribution in [0.5, 0.6) is 0 Å². The fourth-order valence-corrected chi connectivity index (χ4v) is 2.25. The van der Waals surface area contributed by atoms with Crippen molar-refractivity contribution in [2.45, 2.75) is 25.2 Å². The third-order valence-corrected chi connectivity index (χ3v) is 3.67. The average molecular weight is 341 g/mol. The Balaban J connectivity index is 2.41. The van der Waals surface area contributed by atoms with Gasteiger partial charge in [-0.05, 0) is 37.3 Å². The van der Waals surface area contributed by atoms with E-state index in [1.807, 2.05) is 13.0 Å². The zero-order valence-electron chi connectivity index (χ0n) is 12.7. The van der Waals surface area contributed by atoms with Gasteiger partial charge in [-0.2, -0.15) is 13.2 Å². The largest absolute Gasteiger partial charge is 0.434 e. The molecule has 0 unspecified atom stereocenters. The van der Waals surface area contributed by atoms with Crippen molar-refractivity contribution in [3.8, 4) is 0 Å². The van der Waals surface area contributed by atoms with Crippen LogP contribution in [0.15, 0.2) is 29.6 Å². The molecule has 0 saturated carbocycles. The van der Waals surface area contributed by atoms with Gasteiger partial charge in [0, 0.05) is 11.9 Å². The molecule has 0 atom stereocenters. The maximum Gasteiger partial charge on any atom is 0.434 e. The van der Waals surface area contributed by atoms with Gasteiger partial charge in [0.15, 0.2) is 10.9 Å². The summed E-state index contributed by atoms with van der Waals surface area (Å²) < 4.78 is 39.4. The number of rotatable bonds is 3. The molecule has 0 aliphatic carbocycles. The summed E-state index contributed by atoms with van der Waals surface area (Å²) in [5, 5.41) is 2.45. The Kier molecular flexibility index (Phi) is 4.93. The quantitative estimate of drug-likeness (QED) is 0.675. The van der Waals surface area contributed by atoms with E-state index in [-0.39, 0.29) is 5.16 Å². The molecule has 2 rings (SSSR count). The number of aromatic nitrogens is 2. The van der Waals surface area contributed by atoms with Crippen LogP contribution in [0.4, 0.5) is 18.9 Å². The molecule has 0 spiro atoms. The molecular weight excluding hydrogens is 327 g/mol. The predicted molar refractivity (Wildman–Crippen MR) is 82.7 cm³/mol. The molecule has 1 heterocycles. The van der Waals surface area contributed by atoms with E-state index in [0.29, 0.717) is 5.69 Å². The number of benzene rings is 1. The van der Waals surface area contributed by atoms with Crippen LogP contribution in [-0.4, -0.2) is 22.1 Å². The lowest BCUT2D eigenvalue weighted by Crippen LogP contribution is -2.21. The molecule has 0 saturated heterocycles. The van der Waals surface area contributed by atoms with E-state index in [4.69, 9.17) is 0 Å². The predicted octanol–water partition coefficient (Wildman–Crippen LogP) is 4.09. The van der Waals surface area contributed by atoms with Crippen LogP contribution in [0.3, 0.4) is 0 Å². The molecule has 23 heavy (non-hydrogen) atoms. The number of alkyl halides is 3. The number of hydrogen-bond acceptors (Lipinski definition) is 4. The van der Waals surface area contributed by atoms with Crippen LogP contribution < -0.4 is 5.32 Å². The van der Waals surface area contributed by atoms with Gasteiger partial charge in [0.1, 0.15) is 0 Å². The number of amides is 1. The second kappa shape index (κ2) is 6.57. The highest BCUT2D eigenvalue weighted by atomic mass is 32.2. The molecule has 0 fully saturated rings. The van der Waals surface area contributed by atoms with Crippen molar-refractivity contribution in [1.82, 2.24) is 9.97 Å². The van der Waals surface area contributed by atoms with Crippen molar-refractivity contribution in [2.24, 2.45) is 0 Å². The lowest BCUT2D eigenvalue weighted by Gasteiger charge is -2.13. The van der Waals surface area contributed by atoms with Gasteiger partial charge in [0.2, 0.25) is 0 Å². The third-order valence-electron chi connectivity index (χ3n) is 3.10. The first kappa shape index (κ1) is 17.3. The molecule has 1 amide bonds. The highest BCUT2D eigenvalue weighted by Crippen LogP contribution is 2.31. The van der Waals surface area contributed by atoms with Gasteiger partial charge in [0.25, 0.3) is 5.91 Å². The number of carbonyl (C=O) groups excluding carboxylic acids is 1. The van der Waals surface area contributed by atoms with E-state index in [1.54, 1.807) is 25.3 Å². The number of nitrogens with zero attached hydrogens (tertiary/aromatic N) is 2. The maximum absolute atomic E-state index is 13.1. The van der Waals surface area contributed by atoms with E-state index in [2.05, 4.69) is 15.3 Å². The second-order valence-electron chi connectivity index (χ2n) is 4.89. The zero-order valence-corrected chi connectivity index (χ0v) is 13.5. The van der Waals surface area contributed by atoms with Crippen molar-refractivity contribution >= 4 is 23.4 Å². The maximum atomic E-state index is 13.1. The smallest absolute Gasteiger partial charge is 0.322 e. The summed E-state index contributed by atoms with van der Waals surface area (Å²) >= 11 is 0.974. The van der Waals surface area contributed by atoms with Gasteiger partial charge in [-0.15, -0.1) is 0 Å². The zero-order chi connectivity index (χ0) is 17.2. The summed E-state index contributed by atoms with van der Waals surface area (Å²) in [7, 11) is 0. The summed E-state index contributed by atoms with van der Waals surface area (Å²) in [6.07, 6.45) is -2.27. The molecule has 0 aliphatic heterocycles. The Bertz CT molecular complexity index is 747. The van der Waals surface area contributed by atoms with Crippen LogP contribution in [0.25, 0.3) is 0 Å². The first-order valence-electron chi connectivity index (χ1n) is 6.59. The highest BCUT2D eigenvalue weighted by molar-refractivity contribution is 7.98. The molecule has 1 aromatic carbocycles. The van der Waals surface area contributed by atoms with E-state index in [1.165, 1.54) is 0 Å². The molecule has 1 N–H and O–H groups in total. The number of nitrogens with one attached hydrogen (secondary N) is 1. The minimum absolute atomic E-state index is 0.0411. The standard InChI is InChI=1S/C15H14F3N3OS/c1-8-4-5-9(2)11(6-8)20-13(22)10-7-19-14(23-3)21-12(10)15(16,17)18/h4-7H,1-3H3,(H,20,22). The normalized spacial score (nSPS) is 11.4. The summed E-state index contributed by atoms with van der Waals surface area (Å²) in [6, 6.07) is 5.32. The van der Waals surface area contributed by atoms with Crippen LogP contribution >= 0.6 is 11.8 Å². The van der Waals surface area contributed by atoms with E-state index in [9.17, 15) is 18.0 Å². The number of aryl methyl sites for hydroxylation is 2. The highest BCUT2D eigenvalue weighted by Gasteiger charge is 2.38. The summed E-state index contributed by atoms with van der Waals surface area (Å²) in [4.78, 5) is 19.4. The van der Waals surface area contributed by atoms with Crippen molar-refractivity contribution < 1.29 is 18.0 Å². The first-order chi connectivity index (χ1) is 10.7. The molecule has 122 valence electrons.